The summed E-state index contributed by atoms with van der Waals surface area (Å²) < 4.78 is 5.65. The van der Waals surface area contributed by atoms with E-state index in [0.29, 0.717) is 12.2 Å². The first-order valence-corrected chi connectivity index (χ1v) is 11.5. The molecule has 0 aliphatic carbocycles. The minimum atomic E-state index is -0.150. The van der Waals surface area contributed by atoms with Gasteiger partial charge in [-0.3, -0.25) is 4.79 Å². The number of amides is 1. The van der Waals surface area contributed by atoms with E-state index in [1.54, 1.807) is 12.1 Å². The van der Waals surface area contributed by atoms with Crippen molar-refractivity contribution in [2.75, 3.05) is 29.9 Å². The maximum atomic E-state index is 12.5. The monoisotopic (exact) mass is 430 g/mol. The molecule has 0 bridgehead atoms. The maximum absolute atomic E-state index is 12.5. The van der Waals surface area contributed by atoms with E-state index in [1.807, 2.05) is 48.5 Å². The van der Waals surface area contributed by atoms with Crippen molar-refractivity contribution in [1.29, 1.82) is 0 Å². The second kappa shape index (κ2) is 10.8. The third-order valence-electron chi connectivity index (χ3n) is 5.65. The highest BCUT2D eigenvalue weighted by atomic mass is 16.5. The maximum Gasteiger partial charge on any atom is 0.255 e. The van der Waals surface area contributed by atoms with E-state index < -0.39 is 0 Å². The van der Waals surface area contributed by atoms with Crippen molar-refractivity contribution in [3.05, 3.63) is 66.2 Å². The third-order valence-corrected chi connectivity index (χ3v) is 5.65. The van der Waals surface area contributed by atoms with Crippen LogP contribution in [0.3, 0.4) is 0 Å². The summed E-state index contributed by atoms with van der Waals surface area (Å²) in [7, 11) is 0. The number of nitrogens with zero attached hydrogens (tertiary/aromatic N) is 3. The zero-order chi connectivity index (χ0) is 22.2. The molecule has 6 heteroatoms. The van der Waals surface area contributed by atoms with E-state index in [9.17, 15) is 4.79 Å². The molecule has 0 spiro atoms. The first-order valence-electron chi connectivity index (χ1n) is 11.5. The van der Waals surface area contributed by atoms with Crippen LogP contribution in [0.15, 0.2) is 60.7 Å². The summed E-state index contributed by atoms with van der Waals surface area (Å²) in [6, 6.07) is 18.9. The molecule has 1 aliphatic heterocycles. The molecule has 0 radical (unpaired) electrons. The van der Waals surface area contributed by atoms with Crippen LogP contribution in [0.5, 0.6) is 5.75 Å². The van der Waals surface area contributed by atoms with Crippen molar-refractivity contribution in [1.82, 2.24) is 10.2 Å². The van der Waals surface area contributed by atoms with Crippen LogP contribution in [0.1, 0.15) is 49.4 Å². The lowest BCUT2D eigenvalue weighted by Crippen LogP contribution is -2.30. The number of nitrogens with one attached hydrogen (secondary N) is 1. The lowest BCUT2D eigenvalue weighted by atomic mass is 10.1. The van der Waals surface area contributed by atoms with Crippen LogP contribution in [-0.2, 0) is 0 Å². The molecule has 2 heterocycles. The van der Waals surface area contributed by atoms with Gasteiger partial charge >= 0.3 is 0 Å². The Labute approximate surface area is 189 Å². The summed E-state index contributed by atoms with van der Waals surface area (Å²) in [4.78, 5) is 14.8. The molecule has 6 nitrogen and oxygen atoms in total. The van der Waals surface area contributed by atoms with Crippen LogP contribution in [0.25, 0.3) is 11.3 Å². The Morgan fingerprint density at radius 3 is 2.34 bits per heavy atom. The number of anilines is 2. The number of benzene rings is 2. The zero-order valence-electron chi connectivity index (χ0n) is 18.6. The first-order chi connectivity index (χ1) is 15.7. The average Bonchev–Trinajstić information content (AvgIpc) is 2.86. The Morgan fingerprint density at radius 1 is 0.938 bits per heavy atom. The van der Waals surface area contributed by atoms with Gasteiger partial charge in [0.05, 0.1) is 12.3 Å². The summed E-state index contributed by atoms with van der Waals surface area (Å²) in [5.41, 5.74) is 3.12. The third kappa shape index (κ3) is 5.63. The summed E-state index contributed by atoms with van der Waals surface area (Å²) in [6.45, 7) is 4.93. The average molecular weight is 431 g/mol. The fourth-order valence-electron chi connectivity index (χ4n) is 3.74. The molecule has 4 rings (SSSR count). The van der Waals surface area contributed by atoms with Gasteiger partial charge in [0.2, 0.25) is 0 Å². The SMILES string of the molecule is CCCCOc1ccc(C(=O)Nc2ccc(-c3ccc(N4CCCCC4)nn3)cc2)cc1. The quantitative estimate of drug-likeness (QED) is 0.474. The van der Waals surface area contributed by atoms with Gasteiger partial charge in [0.15, 0.2) is 5.82 Å². The van der Waals surface area contributed by atoms with Crippen LogP contribution < -0.4 is 15.0 Å². The highest BCUT2D eigenvalue weighted by Crippen LogP contribution is 2.23. The lowest BCUT2D eigenvalue weighted by molar-refractivity contribution is 0.102. The van der Waals surface area contributed by atoms with E-state index >= 15 is 0 Å². The van der Waals surface area contributed by atoms with E-state index in [-0.39, 0.29) is 5.91 Å². The number of unbranched alkanes of at least 4 members (excludes halogenated alkanes) is 1. The molecule has 0 saturated carbocycles. The molecule has 1 aromatic heterocycles. The van der Waals surface area contributed by atoms with E-state index in [4.69, 9.17) is 4.74 Å². The molecule has 1 fully saturated rings. The normalized spacial score (nSPS) is 13.6. The Kier molecular flexibility index (Phi) is 7.33. The van der Waals surface area contributed by atoms with Gasteiger partial charge in [-0.1, -0.05) is 25.5 Å². The summed E-state index contributed by atoms with van der Waals surface area (Å²) in [6.07, 6.45) is 5.84. The smallest absolute Gasteiger partial charge is 0.255 e. The van der Waals surface area contributed by atoms with Crippen LogP contribution in [0.2, 0.25) is 0 Å². The minimum absolute atomic E-state index is 0.150. The molecule has 1 amide bonds. The number of carbonyl (C=O) groups excluding carboxylic acids is 1. The molecule has 1 aliphatic rings. The highest BCUT2D eigenvalue weighted by molar-refractivity contribution is 6.04. The van der Waals surface area contributed by atoms with Gasteiger partial charge in [-0.15, -0.1) is 10.2 Å². The zero-order valence-corrected chi connectivity index (χ0v) is 18.6. The number of ether oxygens (including phenoxy) is 1. The number of hydrogen-bond donors (Lipinski definition) is 1. The van der Waals surface area contributed by atoms with E-state index in [1.165, 1.54) is 19.3 Å². The van der Waals surface area contributed by atoms with Crippen molar-refractivity contribution in [3.8, 4) is 17.0 Å². The minimum Gasteiger partial charge on any atom is -0.494 e. The van der Waals surface area contributed by atoms with Crippen molar-refractivity contribution < 1.29 is 9.53 Å². The molecule has 1 N–H and O–H groups in total. The Bertz CT molecular complexity index is 996. The molecular weight excluding hydrogens is 400 g/mol. The number of rotatable bonds is 8. The lowest BCUT2D eigenvalue weighted by Gasteiger charge is -2.27. The van der Waals surface area contributed by atoms with Crippen molar-refractivity contribution in [3.63, 3.8) is 0 Å². The van der Waals surface area contributed by atoms with Gasteiger partial charge in [-0.05, 0) is 74.2 Å². The van der Waals surface area contributed by atoms with Gasteiger partial charge in [0, 0.05) is 29.9 Å². The number of carbonyl (C=O) groups is 1. The molecule has 2 aromatic carbocycles. The largest absolute Gasteiger partial charge is 0.494 e. The Balaban J connectivity index is 1.34. The Hall–Kier alpha value is -3.41. The van der Waals surface area contributed by atoms with Crippen LogP contribution in [-0.4, -0.2) is 35.8 Å². The second-order valence-electron chi connectivity index (χ2n) is 8.08. The molecule has 166 valence electrons. The van der Waals surface area contributed by atoms with Gasteiger partial charge < -0.3 is 15.0 Å². The molecule has 0 unspecified atom stereocenters. The number of piperidine rings is 1. The topological polar surface area (TPSA) is 67.3 Å². The molecule has 1 saturated heterocycles. The standard InChI is InChI=1S/C26H30N4O2/c1-2-3-19-32-23-13-9-21(10-14-23)26(31)27-22-11-7-20(8-12-22)24-15-16-25(29-28-24)30-17-5-4-6-18-30/h7-16H,2-6,17-19H2,1H3,(H,27,31). The Morgan fingerprint density at radius 2 is 1.69 bits per heavy atom. The molecule has 32 heavy (non-hydrogen) atoms. The van der Waals surface area contributed by atoms with E-state index in [2.05, 4.69) is 27.3 Å². The summed E-state index contributed by atoms with van der Waals surface area (Å²) in [5.74, 6) is 1.58. The van der Waals surface area contributed by atoms with Gasteiger partial charge in [0.1, 0.15) is 5.75 Å². The van der Waals surface area contributed by atoms with Crippen LogP contribution >= 0.6 is 0 Å². The van der Waals surface area contributed by atoms with E-state index in [0.717, 1.165) is 54.4 Å². The number of aromatic nitrogens is 2. The fraction of sp³-hybridized carbons (Fsp3) is 0.346. The van der Waals surface area contributed by atoms with Gasteiger partial charge in [-0.2, -0.15) is 0 Å². The van der Waals surface area contributed by atoms with Crippen molar-refractivity contribution >= 4 is 17.4 Å². The predicted octanol–water partition coefficient (Wildman–Crippen LogP) is 5.57. The second-order valence-corrected chi connectivity index (χ2v) is 8.08. The first kappa shape index (κ1) is 21.8. The van der Waals surface area contributed by atoms with Crippen molar-refractivity contribution in [2.45, 2.75) is 39.0 Å². The van der Waals surface area contributed by atoms with Gasteiger partial charge in [-0.25, -0.2) is 0 Å². The predicted molar refractivity (Wildman–Crippen MR) is 128 cm³/mol. The highest BCUT2D eigenvalue weighted by Gasteiger charge is 2.13. The van der Waals surface area contributed by atoms with Crippen LogP contribution in [0, 0.1) is 0 Å². The fourth-order valence-corrected chi connectivity index (χ4v) is 3.74. The number of hydrogen-bond acceptors (Lipinski definition) is 5. The molecule has 3 aromatic rings. The molecular formula is C26H30N4O2. The molecule has 0 atom stereocenters. The summed E-state index contributed by atoms with van der Waals surface area (Å²) >= 11 is 0. The van der Waals surface area contributed by atoms with Gasteiger partial charge in [0.25, 0.3) is 5.91 Å². The van der Waals surface area contributed by atoms with Crippen molar-refractivity contribution in [2.24, 2.45) is 0 Å². The van der Waals surface area contributed by atoms with Crippen LogP contribution in [0.4, 0.5) is 11.5 Å². The summed E-state index contributed by atoms with van der Waals surface area (Å²) in [5, 5.41) is 11.8.